The Morgan fingerprint density at radius 3 is 2.07 bits per heavy atom. The Bertz CT molecular complexity index is 286. The molecule has 0 bridgehead atoms. The van der Waals surface area contributed by atoms with Crippen LogP contribution in [0.25, 0.3) is 0 Å². The highest BCUT2D eigenvalue weighted by atomic mass is 16.4. The third-order valence-electron chi connectivity index (χ3n) is 1.78. The van der Waals surface area contributed by atoms with E-state index in [4.69, 9.17) is 5.11 Å². The maximum atomic E-state index is 11.4. The lowest BCUT2D eigenvalue weighted by molar-refractivity contribution is -0.146. The molecule has 6 nitrogen and oxygen atoms in total. The van der Waals surface area contributed by atoms with Crippen molar-refractivity contribution in [3.63, 3.8) is 0 Å². The molecule has 3 N–H and O–H groups in total. The number of amides is 2. The summed E-state index contributed by atoms with van der Waals surface area (Å²) < 4.78 is 0. The van der Waals surface area contributed by atoms with Crippen molar-refractivity contribution in [1.29, 1.82) is 0 Å². The first kappa shape index (κ1) is 13.4. The van der Waals surface area contributed by atoms with E-state index in [9.17, 15) is 14.4 Å². The van der Waals surface area contributed by atoms with Crippen LogP contribution in [0.2, 0.25) is 0 Å². The van der Waals surface area contributed by atoms with Crippen LogP contribution in [0.4, 0.5) is 0 Å². The molecule has 0 saturated heterocycles. The van der Waals surface area contributed by atoms with Gasteiger partial charge in [0.05, 0.1) is 0 Å². The van der Waals surface area contributed by atoms with E-state index in [1.54, 1.807) is 0 Å². The lowest BCUT2D eigenvalue weighted by atomic mass is 10.1. The maximum absolute atomic E-state index is 11.4. The molecule has 1 unspecified atom stereocenters. The fraction of sp³-hybridized carbons (Fsp3) is 0.667. The Morgan fingerprint density at radius 2 is 1.73 bits per heavy atom. The van der Waals surface area contributed by atoms with E-state index in [0.29, 0.717) is 0 Å². The molecular formula is C9H16N2O4. The van der Waals surface area contributed by atoms with Crippen molar-refractivity contribution in [1.82, 2.24) is 10.6 Å². The monoisotopic (exact) mass is 216 g/mol. The normalized spacial score (nSPS) is 12.8. The SMILES string of the molecule is CC(=O)NC(C)C(=O)NC(C)(C)C(=O)O. The summed E-state index contributed by atoms with van der Waals surface area (Å²) in [5, 5.41) is 13.4. The van der Waals surface area contributed by atoms with Crippen molar-refractivity contribution in [2.24, 2.45) is 0 Å². The maximum Gasteiger partial charge on any atom is 0.328 e. The van der Waals surface area contributed by atoms with Gasteiger partial charge in [0.25, 0.3) is 0 Å². The van der Waals surface area contributed by atoms with Crippen molar-refractivity contribution in [2.45, 2.75) is 39.3 Å². The fourth-order valence-electron chi connectivity index (χ4n) is 0.840. The lowest BCUT2D eigenvalue weighted by Gasteiger charge is -2.23. The lowest BCUT2D eigenvalue weighted by Crippen LogP contribution is -2.55. The molecule has 0 aromatic rings. The molecule has 0 radical (unpaired) electrons. The first-order valence-corrected chi connectivity index (χ1v) is 4.49. The molecule has 0 heterocycles. The van der Waals surface area contributed by atoms with Gasteiger partial charge in [-0.2, -0.15) is 0 Å². The van der Waals surface area contributed by atoms with E-state index in [2.05, 4.69) is 10.6 Å². The Balaban J connectivity index is 4.36. The Labute approximate surface area is 88.0 Å². The highest BCUT2D eigenvalue weighted by Gasteiger charge is 2.30. The number of nitrogens with one attached hydrogen (secondary N) is 2. The second-order valence-corrected chi connectivity index (χ2v) is 3.84. The van der Waals surface area contributed by atoms with Crippen LogP contribution in [0.5, 0.6) is 0 Å². The predicted octanol–water partition coefficient (Wildman–Crippen LogP) is -0.510. The summed E-state index contributed by atoms with van der Waals surface area (Å²) in [6, 6.07) is -0.749. The van der Waals surface area contributed by atoms with Crippen molar-refractivity contribution < 1.29 is 19.5 Å². The molecule has 0 saturated carbocycles. The fourth-order valence-corrected chi connectivity index (χ4v) is 0.840. The van der Waals surface area contributed by atoms with E-state index < -0.39 is 23.5 Å². The van der Waals surface area contributed by atoms with Crippen LogP contribution < -0.4 is 10.6 Å². The predicted molar refractivity (Wildman–Crippen MR) is 53.1 cm³/mol. The van der Waals surface area contributed by atoms with Crippen LogP contribution in [0, 0.1) is 0 Å². The molecule has 0 aliphatic carbocycles. The van der Waals surface area contributed by atoms with Crippen molar-refractivity contribution in [3.05, 3.63) is 0 Å². The number of carbonyl (C=O) groups excluding carboxylic acids is 2. The van der Waals surface area contributed by atoms with E-state index >= 15 is 0 Å². The summed E-state index contributed by atoms with van der Waals surface area (Å²) >= 11 is 0. The van der Waals surface area contributed by atoms with Gasteiger partial charge in [0, 0.05) is 6.92 Å². The molecular weight excluding hydrogens is 200 g/mol. The molecule has 0 aromatic heterocycles. The molecule has 0 aromatic carbocycles. The Morgan fingerprint density at radius 1 is 1.27 bits per heavy atom. The van der Waals surface area contributed by atoms with E-state index in [-0.39, 0.29) is 5.91 Å². The molecule has 0 rings (SSSR count). The molecule has 15 heavy (non-hydrogen) atoms. The number of aliphatic carboxylic acids is 1. The van der Waals surface area contributed by atoms with E-state index in [1.807, 2.05) is 0 Å². The molecule has 0 spiro atoms. The summed E-state index contributed by atoms with van der Waals surface area (Å²) in [5.74, 6) is -2.01. The van der Waals surface area contributed by atoms with Gasteiger partial charge in [0.2, 0.25) is 11.8 Å². The smallest absolute Gasteiger partial charge is 0.328 e. The summed E-state index contributed by atoms with van der Waals surface area (Å²) in [7, 11) is 0. The third kappa shape index (κ3) is 4.44. The van der Waals surface area contributed by atoms with Gasteiger partial charge in [-0.15, -0.1) is 0 Å². The van der Waals surface area contributed by atoms with Crippen LogP contribution in [0.3, 0.4) is 0 Å². The van der Waals surface area contributed by atoms with Gasteiger partial charge in [-0.25, -0.2) is 4.79 Å². The van der Waals surface area contributed by atoms with Crippen LogP contribution in [-0.2, 0) is 14.4 Å². The number of rotatable bonds is 4. The van der Waals surface area contributed by atoms with Crippen LogP contribution in [0.15, 0.2) is 0 Å². The van der Waals surface area contributed by atoms with E-state index in [0.717, 1.165) is 0 Å². The molecule has 86 valence electrons. The summed E-state index contributed by atoms with van der Waals surface area (Å²) in [6.07, 6.45) is 0. The standard InChI is InChI=1S/C9H16N2O4/c1-5(10-6(2)12)7(13)11-9(3,4)8(14)15/h5H,1-4H3,(H,10,12)(H,11,13)(H,14,15). The zero-order valence-electron chi connectivity index (χ0n) is 9.25. The third-order valence-corrected chi connectivity index (χ3v) is 1.78. The minimum absolute atomic E-state index is 0.342. The summed E-state index contributed by atoms with van der Waals surface area (Å²) in [6.45, 7) is 5.50. The molecule has 1 atom stereocenters. The number of carbonyl (C=O) groups is 3. The number of carboxylic acid groups (broad SMARTS) is 1. The Kier molecular flexibility index (Phi) is 4.26. The highest BCUT2D eigenvalue weighted by Crippen LogP contribution is 2.02. The van der Waals surface area contributed by atoms with Gasteiger partial charge in [-0.3, -0.25) is 9.59 Å². The average Bonchev–Trinajstić information content (AvgIpc) is 2.01. The largest absolute Gasteiger partial charge is 0.480 e. The highest BCUT2D eigenvalue weighted by molar-refractivity contribution is 5.91. The van der Waals surface area contributed by atoms with Gasteiger partial charge in [0.1, 0.15) is 11.6 Å². The molecule has 0 aliphatic heterocycles. The minimum Gasteiger partial charge on any atom is -0.480 e. The van der Waals surface area contributed by atoms with Gasteiger partial charge in [-0.05, 0) is 20.8 Å². The van der Waals surface area contributed by atoms with Crippen LogP contribution in [-0.4, -0.2) is 34.5 Å². The zero-order chi connectivity index (χ0) is 12.2. The molecule has 6 heteroatoms. The van der Waals surface area contributed by atoms with Crippen molar-refractivity contribution in [2.75, 3.05) is 0 Å². The first-order valence-electron chi connectivity index (χ1n) is 4.49. The number of carboxylic acids is 1. The summed E-state index contributed by atoms with van der Waals surface area (Å²) in [5.41, 5.74) is -1.34. The first-order chi connectivity index (χ1) is 6.66. The van der Waals surface area contributed by atoms with Gasteiger partial charge >= 0.3 is 5.97 Å². The second kappa shape index (κ2) is 4.77. The van der Waals surface area contributed by atoms with Crippen LogP contribution in [0.1, 0.15) is 27.7 Å². The number of hydrogen-bond acceptors (Lipinski definition) is 3. The average molecular weight is 216 g/mol. The van der Waals surface area contributed by atoms with Crippen LogP contribution >= 0.6 is 0 Å². The van der Waals surface area contributed by atoms with Crippen molar-refractivity contribution >= 4 is 17.8 Å². The van der Waals surface area contributed by atoms with Crippen molar-refractivity contribution in [3.8, 4) is 0 Å². The molecule has 0 fully saturated rings. The molecule has 0 aliphatic rings. The second-order valence-electron chi connectivity index (χ2n) is 3.84. The topological polar surface area (TPSA) is 95.5 Å². The van der Waals surface area contributed by atoms with Gasteiger partial charge in [-0.1, -0.05) is 0 Å². The summed E-state index contributed by atoms with van der Waals surface area (Å²) in [4.78, 5) is 32.8. The van der Waals surface area contributed by atoms with Gasteiger partial charge < -0.3 is 15.7 Å². The number of hydrogen-bond donors (Lipinski definition) is 3. The molecule has 2 amide bonds. The quantitative estimate of drug-likeness (QED) is 0.589. The van der Waals surface area contributed by atoms with E-state index in [1.165, 1.54) is 27.7 Å². The minimum atomic E-state index is -1.34. The Hall–Kier alpha value is -1.59. The van der Waals surface area contributed by atoms with Gasteiger partial charge in [0.15, 0.2) is 0 Å². The zero-order valence-corrected chi connectivity index (χ0v) is 9.25.